The molecule has 4 nitrogen and oxygen atoms in total. The molecule has 104 valence electrons. The third-order valence-corrected chi connectivity index (χ3v) is 3.21. The van der Waals surface area contributed by atoms with Gasteiger partial charge in [0.15, 0.2) is 0 Å². The van der Waals surface area contributed by atoms with Gasteiger partial charge in [0.1, 0.15) is 11.8 Å². The minimum absolute atomic E-state index is 0.0383. The van der Waals surface area contributed by atoms with Gasteiger partial charge in [-0.15, -0.1) is 0 Å². The zero-order chi connectivity index (χ0) is 13.7. The number of carbonyl (C=O) groups is 1. The smallest absolute Gasteiger partial charge is 0.338 e. The maximum absolute atomic E-state index is 11.9. The lowest BCUT2D eigenvalue weighted by molar-refractivity contribution is 0.0161. The van der Waals surface area contributed by atoms with Gasteiger partial charge in [-0.05, 0) is 31.4 Å². The molecule has 1 saturated heterocycles. The van der Waals surface area contributed by atoms with E-state index in [9.17, 15) is 4.79 Å². The number of pyridine rings is 1. The van der Waals surface area contributed by atoms with Crippen LogP contribution < -0.4 is 0 Å². The van der Waals surface area contributed by atoms with Crippen molar-refractivity contribution in [2.24, 2.45) is 0 Å². The first-order valence-corrected chi connectivity index (χ1v) is 7.02. The third-order valence-electron chi connectivity index (χ3n) is 3.01. The standard InChI is InChI=1S/C14H18ClNO3/c1-2-4-11-7-10(8-13(15)16-11)14(17)19-9-12-5-3-6-18-12/h7-8,12H,2-6,9H2,1H3. The zero-order valence-electron chi connectivity index (χ0n) is 11.0. The van der Waals surface area contributed by atoms with Crippen molar-refractivity contribution in [2.45, 2.75) is 38.7 Å². The molecule has 2 rings (SSSR count). The summed E-state index contributed by atoms with van der Waals surface area (Å²) >= 11 is 5.91. The molecule has 1 aromatic heterocycles. The molecule has 19 heavy (non-hydrogen) atoms. The van der Waals surface area contributed by atoms with Crippen LogP contribution in [0.15, 0.2) is 12.1 Å². The summed E-state index contributed by atoms with van der Waals surface area (Å²) in [4.78, 5) is 16.1. The molecule has 0 radical (unpaired) electrons. The predicted octanol–water partition coefficient (Wildman–Crippen LogP) is 3.02. The van der Waals surface area contributed by atoms with Crippen LogP contribution in [0.4, 0.5) is 0 Å². The van der Waals surface area contributed by atoms with E-state index in [1.807, 2.05) is 0 Å². The van der Waals surface area contributed by atoms with Crippen molar-refractivity contribution < 1.29 is 14.3 Å². The maximum Gasteiger partial charge on any atom is 0.338 e. The second kappa shape index (κ2) is 6.87. The number of aromatic nitrogens is 1. The Bertz CT molecular complexity index is 444. The molecule has 0 aliphatic carbocycles. The molecule has 1 aliphatic heterocycles. The SMILES string of the molecule is CCCc1cc(C(=O)OCC2CCCO2)cc(Cl)n1. The quantitative estimate of drug-likeness (QED) is 0.616. The molecule has 0 aromatic carbocycles. The van der Waals surface area contributed by atoms with E-state index in [1.54, 1.807) is 12.1 Å². The van der Waals surface area contributed by atoms with Gasteiger partial charge >= 0.3 is 5.97 Å². The van der Waals surface area contributed by atoms with E-state index in [2.05, 4.69) is 11.9 Å². The average Bonchev–Trinajstić information content (AvgIpc) is 2.88. The van der Waals surface area contributed by atoms with Crippen LogP contribution in [-0.2, 0) is 15.9 Å². The summed E-state index contributed by atoms with van der Waals surface area (Å²) in [5.74, 6) is -0.364. The monoisotopic (exact) mass is 283 g/mol. The highest BCUT2D eigenvalue weighted by atomic mass is 35.5. The minimum atomic E-state index is -0.364. The molecule has 0 bridgehead atoms. The first-order valence-electron chi connectivity index (χ1n) is 6.64. The van der Waals surface area contributed by atoms with E-state index in [0.29, 0.717) is 17.3 Å². The minimum Gasteiger partial charge on any atom is -0.459 e. The lowest BCUT2D eigenvalue weighted by atomic mass is 10.1. The van der Waals surface area contributed by atoms with Crippen molar-refractivity contribution in [3.63, 3.8) is 0 Å². The number of aryl methyl sites for hydroxylation is 1. The largest absolute Gasteiger partial charge is 0.459 e. The van der Waals surface area contributed by atoms with E-state index in [0.717, 1.165) is 38.0 Å². The number of hydrogen-bond donors (Lipinski definition) is 0. The van der Waals surface area contributed by atoms with Crippen LogP contribution in [0, 0.1) is 0 Å². The van der Waals surface area contributed by atoms with Crippen LogP contribution >= 0.6 is 11.6 Å². The van der Waals surface area contributed by atoms with Crippen LogP contribution in [-0.4, -0.2) is 30.3 Å². The Kier molecular flexibility index (Phi) is 5.16. The zero-order valence-corrected chi connectivity index (χ0v) is 11.8. The topological polar surface area (TPSA) is 48.4 Å². The molecule has 0 N–H and O–H groups in total. The summed E-state index contributed by atoms with van der Waals surface area (Å²) in [6.45, 7) is 3.11. The molecule has 0 amide bonds. The van der Waals surface area contributed by atoms with E-state index in [4.69, 9.17) is 21.1 Å². The molecule has 1 unspecified atom stereocenters. The van der Waals surface area contributed by atoms with Gasteiger partial charge < -0.3 is 9.47 Å². The van der Waals surface area contributed by atoms with Gasteiger partial charge in [0.05, 0.1) is 11.7 Å². The fourth-order valence-electron chi connectivity index (χ4n) is 2.08. The second-order valence-electron chi connectivity index (χ2n) is 4.65. The van der Waals surface area contributed by atoms with Crippen LogP contribution in [0.5, 0.6) is 0 Å². The Morgan fingerprint density at radius 2 is 2.42 bits per heavy atom. The van der Waals surface area contributed by atoms with Gasteiger partial charge in [0.2, 0.25) is 0 Å². The Labute approximate surface area is 118 Å². The first kappa shape index (κ1) is 14.3. The highest BCUT2D eigenvalue weighted by molar-refractivity contribution is 6.29. The van der Waals surface area contributed by atoms with Gasteiger partial charge in [0, 0.05) is 12.3 Å². The normalized spacial score (nSPS) is 18.5. The van der Waals surface area contributed by atoms with E-state index in [1.165, 1.54) is 0 Å². The van der Waals surface area contributed by atoms with Crippen molar-refractivity contribution in [1.82, 2.24) is 4.98 Å². The maximum atomic E-state index is 11.9. The van der Waals surface area contributed by atoms with Gasteiger partial charge in [-0.25, -0.2) is 9.78 Å². The van der Waals surface area contributed by atoms with Gasteiger partial charge in [-0.3, -0.25) is 0 Å². The number of ether oxygens (including phenoxy) is 2. The molecule has 2 heterocycles. The molecule has 1 atom stereocenters. The Hall–Kier alpha value is -1.13. The number of rotatable bonds is 5. The van der Waals surface area contributed by atoms with Crippen LogP contribution in [0.25, 0.3) is 0 Å². The summed E-state index contributed by atoms with van der Waals surface area (Å²) < 4.78 is 10.7. The fraction of sp³-hybridized carbons (Fsp3) is 0.571. The first-order chi connectivity index (χ1) is 9.19. The lowest BCUT2D eigenvalue weighted by Crippen LogP contribution is -2.18. The Morgan fingerprint density at radius 3 is 3.11 bits per heavy atom. The van der Waals surface area contributed by atoms with Crippen LogP contribution in [0.2, 0.25) is 5.15 Å². The van der Waals surface area contributed by atoms with E-state index < -0.39 is 0 Å². The molecule has 1 aromatic rings. The summed E-state index contributed by atoms with van der Waals surface area (Å²) in [6, 6.07) is 3.28. The summed E-state index contributed by atoms with van der Waals surface area (Å²) in [5, 5.41) is 0.329. The third kappa shape index (κ3) is 4.18. The highest BCUT2D eigenvalue weighted by Crippen LogP contribution is 2.16. The average molecular weight is 284 g/mol. The van der Waals surface area contributed by atoms with E-state index in [-0.39, 0.29) is 12.1 Å². The van der Waals surface area contributed by atoms with Crippen molar-refractivity contribution in [1.29, 1.82) is 0 Å². The second-order valence-corrected chi connectivity index (χ2v) is 5.04. The fourth-order valence-corrected chi connectivity index (χ4v) is 2.31. The summed E-state index contributed by atoms with van der Waals surface area (Å²) in [6.07, 6.45) is 3.77. The molecule has 1 aliphatic rings. The molecule has 1 fully saturated rings. The summed E-state index contributed by atoms with van der Waals surface area (Å²) in [5.41, 5.74) is 1.28. The summed E-state index contributed by atoms with van der Waals surface area (Å²) in [7, 11) is 0. The van der Waals surface area contributed by atoms with Crippen LogP contribution in [0.3, 0.4) is 0 Å². The number of nitrogens with zero attached hydrogens (tertiary/aromatic N) is 1. The van der Waals surface area contributed by atoms with Crippen molar-refractivity contribution >= 4 is 17.6 Å². The number of hydrogen-bond acceptors (Lipinski definition) is 4. The van der Waals surface area contributed by atoms with Gasteiger partial charge in [-0.1, -0.05) is 24.9 Å². The number of halogens is 1. The number of carbonyl (C=O) groups excluding carboxylic acids is 1. The van der Waals surface area contributed by atoms with Crippen molar-refractivity contribution in [3.8, 4) is 0 Å². The molecule has 5 heteroatoms. The van der Waals surface area contributed by atoms with Gasteiger partial charge in [0.25, 0.3) is 0 Å². The van der Waals surface area contributed by atoms with Crippen molar-refractivity contribution in [2.75, 3.05) is 13.2 Å². The van der Waals surface area contributed by atoms with E-state index >= 15 is 0 Å². The molecule has 0 spiro atoms. The Balaban J connectivity index is 1.97. The molecular weight excluding hydrogens is 266 g/mol. The van der Waals surface area contributed by atoms with Gasteiger partial charge in [-0.2, -0.15) is 0 Å². The van der Waals surface area contributed by atoms with Crippen LogP contribution in [0.1, 0.15) is 42.2 Å². The number of esters is 1. The Morgan fingerprint density at radius 1 is 1.58 bits per heavy atom. The highest BCUT2D eigenvalue weighted by Gasteiger charge is 2.18. The lowest BCUT2D eigenvalue weighted by Gasteiger charge is -2.10. The molecule has 0 saturated carbocycles. The molecular formula is C14H18ClNO3. The van der Waals surface area contributed by atoms with Crippen molar-refractivity contribution in [3.05, 3.63) is 28.5 Å². The predicted molar refractivity (Wildman–Crippen MR) is 72.5 cm³/mol.